The van der Waals surface area contributed by atoms with Crippen LogP contribution in [-0.2, 0) is 0 Å². The van der Waals surface area contributed by atoms with Crippen LogP contribution in [0, 0.1) is 0 Å². The zero-order valence-corrected chi connectivity index (χ0v) is 11.3. The van der Waals surface area contributed by atoms with Crippen molar-refractivity contribution in [2.45, 2.75) is 13.0 Å². The number of aliphatic hydroxyl groups excluding tert-OH is 1. The second kappa shape index (κ2) is 5.06. The van der Waals surface area contributed by atoms with Crippen molar-refractivity contribution in [2.75, 3.05) is 18.9 Å². The molecule has 0 bridgehead atoms. The largest absolute Gasteiger partial charge is 0.486 e. The molecule has 4 nitrogen and oxygen atoms in total. The van der Waals surface area contributed by atoms with E-state index >= 15 is 0 Å². The first-order chi connectivity index (χ1) is 9.65. The van der Waals surface area contributed by atoms with Crippen LogP contribution in [0.4, 0.5) is 5.69 Å². The van der Waals surface area contributed by atoms with E-state index in [1.807, 2.05) is 30.3 Å². The highest BCUT2D eigenvalue weighted by Gasteiger charge is 2.18. The first-order valence-electron chi connectivity index (χ1n) is 6.62. The first-order valence-corrected chi connectivity index (χ1v) is 6.62. The third-order valence-electron chi connectivity index (χ3n) is 3.37. The summed E-state index contributed by atoms with van der Waals surface area (Å²) in [5.74, 6) is 1.42. The molecule has 2 aromatic rings. The number of rotatable bonds is 2. The molecule has 0 radical (unpaired) electrons. The zero-order valence-electron chi connectivity index (χ0n) is 11.3. The Morgan fingerprint density at radius 2 is 1.80 bits per heavy atom. The lowest BCUT2D eigenvalue weighted by Gasteiger charge is -2.22. The van der Waals surface area contributed by atoms with Crippen molar-refractivity contribution in [1.82, 2.24) is 0 Å². The number of hydrogen-bond acceptors (Lipinski definition) is 4. The Labute approximate surface area is 117 Å². The maximum atomic E-state index is 9.56. The van der Waals surface area contributed by atoms with Crippen LogP contribution < -0.4 is 15.2 Å². The van der Waals surface area contributed by atoms with Crippen molar-refractivity contribution in [3.63, 3.8) is 0 Å². The summed E-state index contributed by atoms with van der Waals surface area (Å²) in [6.07, 6.45) is -0.474. The van der Waals surface area contributed by atoms with Gasteiger partial charge in [-0.1, -0.05) is 24.3 Å². The molecule has 0 aliphatic carbocycles. The summed E-state index contributed by atoms with van der Waals surface area (Å²) in [6, 6.07) is 11.4. The van der Waals surface area contributed by atoms with Gasteiger partial charge in [0.05, 0.1) is 6.10 Å². The van der Waals surface area contributed by atoms with Crippen LogP contribution in [0.3, 0.4) is 0 Å². The molecule has 104 valence electrons. The van der Waals surface area contributed by atoms with Crippen LogP contribution in [0.25, 0.3) is 11.1 Å². The number of nitrogens with two attached hydrogens (primary N) is 1. The summed E-state index contributed by atoms with van der Waals surface area (Å²) >= 11 is 0. The van der Waals surface area contributed by atoms with E-state index in [2.05, 4.69) is 0 Å². The lowest BCUT2D eigenvalue weighted by atomic mass is 10.0. The smallest absolute Gasteiger partial charge is 0.169 e. The van der Waals surface area contributed by atoms with Gasteiger partial charge in [-0.25, -0.2) is 0 Å². The molecule has 1 aliphatic rings. The summed E-state index contributed by atoms with van der Waals surface area (Å²) < 4.78 is 11.3. The summed E-state index contributed by atoms with van der Waals surface area (Å²) in [4.78, 5) is 0. The van der Waals surface area contributed by atoms with E-state index in [0.29, 0.717) is 24.7 Å². The molecule has 4 heteroatoms. The third kappa shape index (κ3) is 2.30. The summed E-state index contributed by atoms with van der Waals surface area (Å²) in [6.45, 7) is 2.82. The maximum absolute atomic E-state index is 9.56. The Kier molecular flexibility index (Phi) is 3.24. The van der Waals surface area contributed by atoms with Crippen molar-refractivity contribution in [1.29, 1.82) is 0 Å². The molecule has 2 aromatic carbocycles. The van der Waals surface area contributed by atoms with Crippen molar-refractivity contribution in [2.24, 2.45) is 0 Å². The van der Waals surface area contributed by atoms with Crippen molar-refractivity contribution in [3.8, 4) is 22.6 Å². The van der Waals surface area contributed by atoms with Crippen LogP contribution in [0.1, 0.15) is 18.6 Å². The van der Waals surface area contributed by atoms with E-state index in [1.54, 1.807) is 13.0 Å². The van der Waals surface area contributed by atoms with Crippen LogP contribution in [-0.4, -0.2) is 18.3 Å². The zero-order chi connectivity index (χ0) is 14.1. The number of fused-ring (bicyclic) bond motifs is 1. The van der Waals surface area contributed by atoms with E-state index in [1.165, 1.54) is 0 Å². The van der Waals surface area contributed by atoms with Crippen LogP contribution in [0.15, 0.2) is 36.4 Å². The molecule has 0 spiro atoms. The normalized spacial score (nSPS) is 14.9. The quantitative estimate of drug-likeness (QED) is 0.824. The molecule has 0 saturated carbocycles. The second-order valence-corrected chi connectivity index (χ2v) is 4.89. The predicted molar refractivity (Wildman–Crippen MR) is 77.9 cm³/mol. The number of benzene rings is 2. The first kappa shape index (κ1) is 12.8. The van der Waals surface area contributed by atoms with E-state index in [4.69, 9.17) is 15.2 Å². The molecule has 1 unspecified atom stereocenters. The number of hydrogen-bond donors (Lipinski definition) is 2. The summed E-state index contributed by atoms with van der Waals surface area (Å²) in [5, 5.41) is 9.56. The average Bonchev–Trinajstić information content (AvgIpc) is 2.46. The number of anilines is 1. The van der Waals surface area contributed by atoms with Gasteiger partial charge in [0.1, 0.15) is 13.2 Å². The van der Waals surface area contributed by atoms with Gasteiger partial charge >= 0.3 is 0 Å². The van der Waals surface area contributed by atoms with E-state index in [-0.39, 0.29) is 0 Å². The minimum Gasteiger partial charge on any atom is -0.486 e. The Bertz CT molecular complexity index is 620. The highest BCUT2D eigenvalue weighted by molar-refractivity contribution is 5.78. The molecule has 1 aliphatic heterocycles. The molecule has 20 heavy (non-hydrogen) atoms. The second-order valence-electron chi connectivity index (χ2n) is 4.89. The highest BCUT2D eigenvalue weighted by Crippen LogP contribution is 2.42. The average molecular weight is 271 g/mol. The monoisotopic (exact) mass is 271 g/mol. The minimum atomic E-state index is -0.474. The number of nitrogen functional groups attached to an aromatic ring is 1. The number of ether oxygens (including phenoxy) is 2. The molecule has 3 N–H and O–H groups in total. The molecule has 1 heterocycles. The van der Waals surface area contributed by atoms with Gasteiger partial charge < -0.3 is 20.3 Å². The van der Waals surface area contributed by atoms with Gasteiger partial charge in [0.25, 0.3) is 0 Å². The fourth-order valence-electron chi connectivity index (χ4n) is 2.33. The van der Waals surface area contributed by atoms with E-state index < -0.39 is 6.10 Å². The van der Waals surface area contributed by atoms with Gasteiger partial charge in [0, 0.05) is 17.3 Å². The van der Waals surface area contributed by atoms with Gasteiger partial charge in [0.2, 0.25) is 0 Å². The molecular formula is C16H17NO3. The molecule has 0 fully saturated rings. The van der Waals surface area contributed by atoms with Gasteiger partial charge in [-0.15, -0.1) is 0 Å². The fraction of sp³-hybridized carbons (Fsp3) is 0.250. The van der Waals surface area contributed by atoms with Crippen molar-refractivity contribution >= 4 is 5.69 Å². The molecule has 1 atom stereocenters. The third-order valence-corrected chi connectivity index (χ3v) is 3.37. The SMILES string of the molecule is CC(O)c1ccc(-c2cc(N)cc3c2OCCO3)cc1. The highest BCUT2D eigenvalue weighted by atomic mass is 16.6. The van der Waals surface area contributed by atoms with Crippen LogP contribution in [0.5, 0.6) is 11.5 Å². The van der Waals surface area contributed by atoms with Crippen molar-refractivity contribution < 1.29 is 14.6 Å². The van der Waals surface area contributed by atoms with Gasteiger partial charge in [-0.2, -0.15) is 0 Å². The van der Waals surface area contributed by atoms with Gasteiger partial charge in [-0.3, -0.25) is 0 Å². The maximum Gasteiger partial charge on any atom is 0.169 e. The summed E-state index contributed by atoms with van der Waals surface area (Å²) in [5.41, 5.74) is 9.35. The van der Waals surface area contributed by atoms with Crippen molar-refractivity contribution in [3.05, 3.63) is 42.0 Å². The fourth-order valence-corrected chi connectivity index (χ4v) is 2.33. The Morgan fingerprint density at radius 3 is 2.50 bits per heavy atom. The Hall–Kier alpha value is -2.20. The van der Waals surface area contributed by atoms with E-state index in [9.17, 15) is 5.11 Å². The molecule has 0 amide bonds. The Balaban J connectivity index is 2.07. The lowest BCUT2D eigenvalue weighted by Crippen LogP contribution is -2.16. The molecule has 0 saturated heterocycles. The Morgan fingerprint density at radius 1 is 1.10 bits per heavy atom. The van der Waals surface area contributed by atoms with Crippen LogP contribution >= 0.6 is 0 Å². The minimum absolute atomic E-state index is 0.474. The molecule has 3 rings (SSSR count). The van der Waals surface area contributed by atoms with Gasteiger partial charge in [0.15, 0.2) is 11.5 Å². The predicted octanol–water partition coefficient (Wildman–Crippen LogP) is 2.76. The number of aliphatic hydroxyl groups is 1. The standard InChI is InChI=1S/C16H17NO3/c1-10(18)11-2-4-12(5-3-11)14-8-13(17)9-15-16(14)20-7-6-19-15/h2-5,8-10,18H,6-7,17H2,1H3. The lowest BCUT2D eigenvalue weighted by molar-refractivity contribution is 0.172. The molecular weight excluding hydrogens is 254 g/mol. The topological polar surface area (TPSA) is 64.7 Å². The van der Waals surface area contributed by atoms with Crippen LogP contribution in [0.2, 0.25) is 0 Å². The van der Waals surface area contributed by atoms with E-state index in [0.717, 1.165) is 22.4 Å². The summed E-state index contributed by atoms with van der Waals surface area (Å²) in [7, 11) is 0. The molecule has 0 aromatic heterocycles. The van der Waals surface area contributed by atoms with Gasteiger partial charge in [-0.05, 0) is 24.1 Å².